The van der Waals surface area contributed by atoms with Crippen molar-refractivity contribution < 1.29 is 9.53 Å². The topological polar surface area (TPSA) is 26.3 Å². The summed E-state index contributed by atoms with van der Waals surface area (Å²) in [6.07, 6.45) is 6.41. The number of Topliss-reactive ketones (excluding diaryl/α,β-unsaturated/α-hetero) is 1. The second-order valence-electron chi connectivity index (χ2n) is 5.03. The van der Waals surface area contributed by atoms with Crippen LogP contribution in [0.2, 0.25) is 5.02 Å². The number of ketones is 1. The van der Waals surface area contributed by atoms with Gasteiger partial charge in [0.15, 0.2) is 0 Å². The predicted octanol–water partition coefficient (Wildman–Crippen LogP) is 5.21. The first-order valence-corrected chi connectivity index (χ1v) is 7.98. The minimum Gasteiger partial charge on any atom is -0.492 e. The molecule has 0 bridgehead atoms. The molecule has 0 saturated carbocycles. The van der Waals surface area contributed by atoms with Gasteiger partial charge >= 0.3 is 0 Å². The van der Waals surface area contributed by atoms with E-state index in [-0.39, 0.29) is 0 Å². The highest BCUT2D eigenvalue weighted by Gasteiger charge is 2.07. The second-order valence-corrected chi connectivity index (χ2v) is 5.41. The highest BCUT2D eigenvalue weighted by atomic mass is 35.5. The lowest BCUT2D eigenvalue weighted by molar-refractivity contribution is -0.118. The van der Waals surface area contributed by atoms with Crippen LogP contribution in [0, 0.1) is 0 Å². The van der Waals surface area contributed by atoms with E-state index in [1.165, 1.54) is 0 Å². The Morgan fingerprint density at radius 1 is 1.20 bits per heavy atom. The van der Waals surface area contributed by atoms with Gasteiger partial charge in [-0.1, -0.05) is 44.0 Å². The Morgan fingerprint density at radius 2 is 2.00 bits per heavy atom. The molecule has 0 heterocycles. The van der Waals surface area contributed by atoms with E-state index in [1.807, 2.05) is 19.1 Å². The first-order valence-electron chi connectivity index (χ1n) is 7.60. The lowest BCUT2D eigenvalue weighted by atomic mass is 10.0. The molecule has 112 valence electrons. The average molecular weight is 297 g/mol. The van der Waals surface area contributed by atoms with Crippen LogP contribution in [0.25, 0.3) is 0 Å². The van der Waals surface area contributed by atoms with E-state index >= 15 is 0 Å². The highest BCUT2D eigenvalue weighted by Crippen LogP contribution is 2.29. The molecular formula is C17H25ClO2. The normalized spacial score (nSPS) is 10.6. The molecule has 0 aromatic heterocycles. The molecule has 1 aromatic carbocycles. The molecule has 0 radical (unpaired) electrons. The fourth-order valence-electron chi connectivity index (χ4n) is 2.06. The van der Waals surface area contributed by atoms with Crippen LogP contribution < -0.4 is 4.74 Å². The molecule has 3 heteroatoms. The van der Waals surface area contributed by atoms with Crippen molar-refractivity contribution in [1.82, 2.24) is 0 Å². The summed E-state index contributed by atoms with van der Waals surface area (Å²) in [5.74, 6) is 1.14. The van der Waals surface area contributed by atoms with Crippen molar-refractivity contribution in [2.75, 3.05) is 6.61 Å². The molecule has 0 saturated heterocycles. The van der Waals surface area contributed by atoms with Gasteiger partial charge < -0.3 is 4.74 Å². The summed E-state index contributed by atoms with van der Waals surface area (Å²) in [4.78, 5) is 11.2. The smallest absolute Gasteiger partial charge is 0.138 e. The van der Waals surface area contributed by atoms with E-state index in [9.17, 15) is 4.79 Å². The highest BCUT2D eigenvalue weighted by molar-refractivity contribution is 6.32. The Hall–Kier alpha value is -1.02. The lowest BCUT2D eigenvalue weighted by Crippen LogP contribution is -1.98. The third-order valence-electron chi connectivity index (χ3n) is 3.30. The van der Waals surface area contributed by atoms with Crippen LogP contribution in [0.5, 0.6) is 5.75 Å². The van der Waals surface area contributed by atoms with Crippen LogP contribution >= 0.6 is 11.6 Å². The largest absolute Gasteiger partial charge is 0.492 e. The molecule has 2 nitrogen and oxygen atoms in total. The monoisotopic (exact) mass is 296 g/mol. The third-order valence-corrected chi connectivity index (χ3v) is 3.73. The maximum Gasteiger partial charge on any atom is 0.138 e. The summed E-state index contributed by atoms with van der Waals surface area (Å²) in [5, 5.41) is 0.741. The maximum absolute atomic E-state index is 11.2. The minimum atomic E-state index is 0.359. The zero-order chi connectivity index (χ0) is 14.8. The van der Waals surface area contributed by atoms with Gasteiger partial charge in [0.2, 0.25) is 0 Å². The predicted molar refractivity (Wildman–Crippen MR) is 84.7 cm³/mol. The number of rotatable bonds is 10. The second kappa shape index (κ2) is 9.82. The van der Waals surface area contributed by atoms with E-state index in [0.29, 0.717) is 25.2 Å². The summed E-state index contributed by atoms with van der Waals surface area (Å²) in [5.41, 5.74) is 1.14. The van der Waals surface area contributed by atoms with Crippen LogP contribution in [0.1, 0.15) is 57.9 Å². The Balaban J connectivity index is 2.38. The maximum atomic E-state index is 11.2. The number of aryl methyl sites for hydroxylation is 1. The van der Waals surface area contributed by atoms with Gasteiger partial charge in [-0.05, 0) is 37.3 Å². The van der Waals surface area contributed by atoms with Crippen molar-refractivity contribution in [2.24, 2.45) is 0 Å². The van der Waals surface area contributed by atoms with Crippen molar-refractivity contribution in [1.29, 1.82) is 0 Å². The first-order chi connectivity index (χ1) is 9.69. The number of benzene rings is 1. The molecule has 0 amide bonds. The van der Waals surface area contributed by atoms with Crippen molar-refractivity contribution in [3.8, 4) is 5.75 Å². The van der Waals surface area contributed by atoms with Gasteiger partial charge in [0, 0.05) is 12.8 Å². The van der Waals surface area contributed by atoms with E-state index in [0.717, 1.165) is 48.4 Å². The molecule has 0 unspecified atom stereocenters. The van der Waals surface area contributed by atoms with Gasteiger partial charge in [-0.25, -0.2) is 0 Å². The summed E-state index contributed by atoms with van der Waals surface area (Å²) in [6.45, 7) is 4.70. The lowest BCUT2D eigenvalue weighted by Gasteiger charge is -2.10. The number of hydrogen-bond donors (Lipinski definition) is 0. The molecular weight excluding hydrogens is 272 g/mol. The number of hydrogen-bond acceptors (Lipinski definition) is 2. The SMILES string of the molecule is CCCOc1cccc(CCCCCC(=O)CC)c1Cl. The zero-order valence-electron chi connectivity index (χ0n) is 12.6. The Bertz CT molecular complexity index is 415. The molecule has 1 rings (SSSR count). The number of ether oxygens (including phenoxy) is 1. The van der Waals surface area contributed by atoms with Gasteiger partial charge in [-0.15, -0.1) is 0 Å². The zero-order valence-corrected chi connectivity index (χ0v) is 13.3. The van der Waals surface area contributed by atoms with E-state index in [4.69, 9.17) is 16.3 Å². The number of carbonyl (C=O) groups excluding carboxylic acids is 1. The van der Waals surface area contributed by atoms with Crippen molar-refractivity contribution in [2.45, 2.75) is 58.8 Å². The van der Waals surface area contributed by atoms with Gasteiger partial charge in [-0.3, -0.25) is 4.79 Å². The molecule has 0 spiro atoms. The molecule has 0 atom stereocenters. The van der Waals surface area contributed by atoms with Crippen LogP contribution in [-0.4, -0.2) is 12.4 Å². The molecule has 0 N–H and O–H groups in total. The molecule has 0 aliphatic rings. The van der Waals surface area contributed by atoms with Crippen molar-refractivity contribution in [3.63, 3.8) is 0 Å². The van der Waals surface area contributed by atoms with E-state index < -0.39 is 0 Å². The van der Waals surface area contributed by atoms with Crippen LogP contribution in [-0.2, 0) is 11.2 Å². The van der Waals surface area contributed by atoms with Crippen molar-refractivity contribution in [3.05, 3.63) is 28.8 Å². The first kappa shape index (κ1) is 17.0. The van der Waals surface area contributed by atoms with Crippen LogP contribution in [0.15, 0.2) is 18.2 Å². The molecule has 1 aromatic rings. The Kier molecular flexibility index (Phi) is 8.36. The summed E-state index contributed by atoms with van der Waals surface area (Å²) < 4.78 is 5.62. The molecule has 0 fully saturated rings. The van der Waals surface area contributed by atoms with Crippen molar-refractivity contribution >= 4 is 17.4 Å². The number of halogens is 1. The Labute approximate surface area is 127 Å². The van der Waals surface area contributed by atoms with Gasteiger partial charge in [0.25, 0.3) is 0 Å². The quantitative estimate of drug-likeness (QED) is 0.554. The van der Waals surface area contributed by atoms with E-state index in [1.54, 1.807) is 0 Å². The molecule has 0 aliphatic heterocycles. The summed E-state index contributed by atoms with van der Waals surface area (Å²) in [7, 11) is 0. The van der Waals surface area contributed by atoms with Gasteiger partial charge in [-0.2, -0.15) is 0 Å². The molecule has 0 aliphatic carbocycles. The van der Waals surface area contributed by atoms with Crippen LogP contribution in [0.3, 0.4) is 0 Å². The number of unbranched alkanes of at least 4 members (excludes halogenated alkanes) is 2. The molecule has 20 heavy (non-hydrogen) atoms. The fraction of sp³-hybridized carbons (Fsp3) is 0.588. The van der Waals surface area contributed by atoms with E-state index in [2.05, 4.69) is 13.0 Å². The summed E-state index contributed by atoms with van der Waals surface area (Å²) in [6, 6.07) is 5.96. The summed E-state index contributed by atoms with van der Waals surface area (Å²) >= 11 is 6.35. The van der Waals surface area contributed by atoms with Gasteiger partial charge in [0.05, 0.1) is 11.6 Å². The van der Waals surface area contributed by atoms with Gasteiger partial charge in [0.1, 0.15) is 11.5 Å². The number of carbonyl (C=O) groups is 1. The minimum absolute atomic E-state index is 0.359. The average Bonchev–Trinajstić information content (AvgIpc) is 2.47. The van der Waals surface area contributed by atoms with Crippen LogP contribution in [0.4, 0.5) is 0 Å². The Morgan fingerprint density at radius 3 is 2.70 bits per heavy atom. The fourth-order valence-corrected chi connectivity index (χ4v) is 2.34. The third kappa shape index (κ3) is 5.96. The standard InChI is InChI=1S/C17H25ClO2/c1-3-13-20-16-12-8-10-14(17(16)18)9-6-5-7-11-15(19)4-2/h8,10,12H,3-7,9,11,13H2,1-2H3.